The molecule has 1 aromatic carbocycles. The van der Waals surface area contributed by atoms with E-state index in [0.717, 1.165) is 12.0 Å². The number of fused-ring (bicyclic) bond motifs is 1. The Labute approximate surface area is 161 Å². The first-order valence-corrected chi connectivity index (χ1v) is 8.95. The summed E-state index contributed by atoms with van der Waals surface area (Å²) in [7, 11) is 0. The highest BCUT2D eigenvalue weighted by Crippen LogP contribution is 2.36. The lowest BCUT2D eigenvalue weighted by molar-refractivity contribution is 0.102. The van der Waals surface area contributed by atoms with Crippen molar-refractivity contribution in [2.75, 3.05) is 17.7 Å². The molecule has 0 fully saturated rings. The van der Waals surface area contributed by atoms with Crippen molar-refractivity contribution in [3.63, 3.8) is 0 Å². The number of nitrogens with zero attached hydrogens (tertiary/aromatic N) is 3. The van der Waals surface area contributed by atoms with Gasteiger partial charge in [0.25, 0.3) is 5.91 Å². The van der Waals surface area contributed by atoms with Crippen LogP contribution < -0.4 is 11.1 Å². The van der Waals surface area contributed by atoms with Crippen LogP contribution in [-0.4, -0.2) is 27.1 Å². The van der Waals surface area contributed by atoms with Crippen LogP contribution in [0.1, 0.15) is 36.7 Å². The van der Waals surface area contributed by atoms with Gasteiger partial charge in [-0.3, -0.25) is 4.79 Å². The molecule has 0 aliphatic heterocycles. The quantitative estimate of drug-likeness (QED) is 0.685. The van der Waals surface area contributed by atoms with Gasteiger partial charge in [-0.15, -0.1) is 0 Å². The van der Waals surface area contributed by atoms with Crippen LogP contribution >= 0.6 is 11.6 Å². The number of alkyl halides is 1. The molecule has 0 bridgehead atoms. The van der Waals surface area contributed by atoms with Crippen LogP contribution in [0.25, 0.3) is 11.0 Å². The molecule has 27 heavy (non-hydrogen) atoms. The van der Waals surface area contributed by atoms with E-state index < -0.39 is 18.1 Å². The van der Waals surface area contributed by atoms with Gasteiger partial charge in [0.2, 0.25) is 0 Å². The van der Waals surface area contributed by atoms with E-state index >= 15 is 0 Å². The van der Waals surface area contributed by atoms with Gasteiger partial charge in [-0.2, -0.15) is 0 Å². The minimum atomic E-state index is -1.00. The van der Waals surface area contributed by atoms with Crippen LogP contribution in [0.3, 0.4) is 0 Å². The molecule has 0 saturated heterocycles. The van der Waals surface area contributed by atoms with Gasteiger partial charge < -0.3 is 15.6 Å². The lowest BCUT2D eigenvalue weighted by Gasteiger charge is -2.24. The van der Waals surface area contributed by atoms with E-state index in [1.54, 1.807) is 13.8 Å². The van der Waals surface area contributed by atoms with Crippen molar-refractivity contribution < 1.29 is 9.18 Å². The number of anilines is 2. The maximum atomic E-state index is 13.6. The number of aryl methyl sites for hydroxylation is 1. The third kappa shape index (κ3) is 3.35. The van der Waals surface area contributed by atoms with E-state index in [1.807, 2.05) is 24.3 Å². The molecule has 0 radical (unpaired) electrons. The summed E-state index contributed by atoms with van der Waals surface area (Å²) < 4.78 is 15.1. The summed E-state index contributed by atoms with van der Waals surface area (Å²) in [5.74, 6) is -0.342. The summed E-state index contributed by atoms with van der Waals surface area (Å²) in [6.07, 6.45) is 2.17. The molecule has 0 saturated carbocycles. The van der Waals surface area contributed by atoms with Gasteiger partial charge in [0.1, 0.15) is 29.6 Å². The number of nitrogen functional groups attached to an aromatic ring is 1. The summed E-state index contributed by atoms with van der Waals surface area (Å²) in [4.78, 5) is 21.1. The number of amides is 1. The second kappa shape index (κ2) is 7.15. The number of halogens is 2. The van der Waals surface area contributed by atoms with Crippen LogP contribution in [0.5, 0.6) is 0 Å². The van der Waals surface area contributed by atoms with Gasteiger partial charge >= 0.3 is 0 Å². The zero-order valence-electron chi connectivity index (χ0n) is 15.4. The largest absolute Gasteiger partial charge is 0.383 e. The molecule has 0 aliphatic rings. The second-order valence-electron chi connectivity index (χ2n) is 6.91. The van der Waals surface area contributed by atoms with Crippen molar-refractivity contribution in [2.45, 2.75) is 32.7 Å². The smallest absolute Gasteiger partial charge is 0.259 e. The van der Waals surface area contributed by atoms with Crippen molar-refractivity contribution in [3.8, 4) is 0 Å². The van der Waals surface area contributed by atoms with Gasteiger partial charge in [0.05, 0.1) is 16.5 Å². The number of hydrogen-bond acceptors (Lipinski definition) is 4. The Bertz CT molecular complexity index is 997. The van der Waals surface area contributed by atoms with Crippen molar-refractivity contribution >= 4 is 40.0 Å². The van der Waals surface area contributed by atoms with E-state index in [4.69, 9.17) is 17.3 Å². The number of nitrogens with one attached hydrogen (secondary N) is 1. The molecule has 0 unspecified atom stereocenters. The summed E-state index contributed by atoms with van der Waals surface area (Å²) in [5, 5.41) is 3.19. The standard InChI is InChI=1S/C19H21ClFN5O/c1-4-11-5-7-12(8-6-11)25-18(27)13-14-16(22)23-10-24-17(14)26(15(13)20)19(2,3)9-21/h5-8,10H,4,9H2,1-3H3,(H,25,27)(H2,22,23,24). The molecule has 0 spiro atoms. The maximum Gasteiger partial charge on any atom is 0.259 e. The molecule has 3 N–H and O–H groups in total. The SMILES string of the molecule is CCc1ccc(NC(=O)c2c(Cl)n(C(C)(C)CF)c3ncnc(N)c23)cc1. The predicted octanol–water partition coefficient (Wildman–Crippen LogP) is 4.19. The first-order chi connectivity index (χ1) is 12.8. The summed E-state index contributed by atoms with van der Waals surface area (Å²) >= 11 is 6.51. The van der Waals surface area contributed by atoms with Crippen molar-refractivity contribution in [3.05, 3.63) is 46.9 Å². The lowest BCUT2D eigenvalue weighted by atomic mass is 10.1. The Morgan fingerprint density at radius 1 is 1.30 bits per heavy atom. The average Bonchev–Trinajstić information content (AvgIpc) is 2.96. The van der Waals surface area contributed by atoms with Gasteiger partial charge in [-0.05, 0) is 38.0 Å². The van der Waals surface area contributed by atoms with Crippen LogP contribution in [0.15, 0.2) is 30.6 Å². The zero-order valence-corrected chi connectivity index (χ0v) is 16.1. The van der Waals surface area contributed by atoms with Crippen LogP contribution in [0.2, 0.25) is 5.15 Å². The van der Waals surface area contributed by atoms with Gasteiger partial charge in [0, 0.05) is 5.69 Å². The van der Waals surface area contributed by atoms with Crippen molar-refractivity contribution in [2.24, 2.45) is 0 Å². The van der Waals surface area contributed by atoms with E-state index in [1.165, 1.54) is 10.9 Å². The molecule has 1 amide bonds. The Morgan fingerprint density at radius 2 is 1.96 bits per heavy atom. The average molecular weight is 390 g/mol. The number of carbonyl (C=O) groups is 1. The first kappa shape index (κ1) is 19.1. The Morgan fingerprint density at radius 3 is 2.56 bits per heavy atom. The number of benzene rings is 1. The van der Waals surface area contributed by atoms with Crippen molar-refractivity contribution in [1.82, 2.24) is 14.5 Å². The van der Waals surface area contributed by atoms with E-state index in [-0.39, 0.29) is 16.5 Å². The Hall–Kier alpha value is -2.67. The lowest BCUT2D eigenvalue weighted by Crippen LogP contribution is -2.29. The first-order valence-electron chi connectivity index (χ1n) is 8.57. The third-order valence-electron chi connectivity index (χ3n) is 4.50. The zero-order chi connectivity index (χ0) is 19.8. The van der Waals surface area contributed by atoms with Crippen LogP contribution in [-0.2, 0) is 12.0 Å². The molecule has 0 atom stereocenters. The van der Waals surface area contributed by atoms with Crippen LogP contribution in [0.4, 0.5) is 15.9 Å². The monoisotopic (exact) mass is 389 g/mol. The van der Waals surface area contributed by atoms with Crippen LogP contribution in [0, 0.1) is 0 Å². The fraction of sp³-hybridized carbons (Fsp3) is 0.316. The van der Waals surface area contributed by atoms with Gasteiger partial charge in [-0.1, -0.05) is 30.7 Å². The number of aromatic nitrogens is 3. The maximum absolute atomic E-state index is 13.6. The van der Waals surface area contributed by atoms with Gasteiger partial charge in [0.15, 0.2) is 0 Å². The number of nitrogens with two attached hydrogens (primary N) is 1. The van der Waals surface area contributed by atoms with Gasteiger partial charge in [-0.25, -0.2) is 14.4 Å². The normalized spacial score (nSPS) is 11.7. The molecule has 6 nitrogen and oxygen atoms in total. The van der Waals surface area contributed by atoms with E-state index in [2.05, 4.69) is 22.2 Å². The molecule has 0 aliphatic carbocycles. The number of carbonyl (C=O) groups excluding carboxylic acids is 1. The molecular formula is C19H21ClFN5O. The minimum absolute atomic E-state index is 0.0718. The van der Waals surface area contributed by atoms with E-state index in [9.17, 15) is 9.18 Å². The topological polar surface area (TPSA) is 85.8 Å². The molecule has 3 aromatic rings. The summed E-state index contributed by atoms with van der Waals surface area (Å²) in [6, 6.07) is 7.50. The highest BCUT2D eigenvalue weighted by Gasteiger charge is 2.32. The highest BCUT2D eigenvalue weighted by molar-refractivity contribution is 6.36. The fourth-order valence-corrected chi connectivity index (χ4v) is 3.43. The third-order valence-corrected chi connectivity index (χ3v) is 4.86. The Balaban J connectivity index is 2.13. The molecule has 2 heterocycles. The summed E-state index contributed by atoms with van der Waals surface area (Å²) in [6.45, 7) is 4.70. The predicted molar refractivity (Wildman–Crippen MR) is 106 cm³/mol. The molecule has 3 rings (SSSR count). The highest BCUT2D eigenvalue weighted by atomic mass is 35.5. The van der Waals surface area contributed by atoms with E-state index in [0.29, 0.717) is 16.7 Å². The molecule has 142 valence electrons. The number of rotatable bonds is 5. The Kier molecular flexibility index (Phi) is 5.06. The molecular weight excluding hydrogens is 369 g/mol. The summed E-state index contributed by atoms with van der Waals surface area (Å²) in [5.41, 5.74) is 7.22. The number of hydrogen-bond donors (Lipinski definition) is 2. The second-order valence-corrected chi connectivity index (χ2v) is 7.27. The van der Waals surface area contributed by atoms with Crippen molar-refractivity contribution in [1.29, 1.82) is 0 Å². The molecule has 2 aromatic heterocycles. The molecule has 8 heteroatoms. The minimum Gasteiger partial charge on any atom is -0.383 e. The fourth-order valence-electron chi connectivity index (χ4n) is 2.94.